The first kappa shape index (κ1) is 25.0. The van der Waals surface area contributed by atoms with Crippen LogP contribution in [-0.2, 0) is 30.5 Å². The van der Waals surface area contributed by atoms with E-state index in [0.29, 0.717) is 12.2 Å². The van der Waals surface area contributed by atoms with E-state index >= 15 is 0 Å². The maximum absolute atomic E-state index is 12.0. The zero-order valence-corrected chi connectivity index (χ0v) is 22.5. The van der Waals surface area contributed by atoms with Crippen LogP contribution in [0.5, 0.6) is 23.0 Å². The molecule has 0 unspecified atom stereocenters. The van der Waals surface area contributed by atoms with Crippen molar-refractivity contribution in [3.63, 3.8) is 0 Å². The van der Waals surface area contributed by atoms with Crippen molar-refractivity contribution < 1.29 is 33.0 Å². The summed E-state index contributed by atoms with van der Waals surface area (Å²) in [4.78, 5) is 12.0. The van der Waals surface area contributed by atoms with Gasteiger partial charge in [-0.15, -0.1) is 0 Å². The standard InChI is InChI=1S/C32H32NO6/c1-4-37-32(34)21-10-8-20(9-11-21)6-5-7-24-23-12-13-27(35-2)31(36-3)26(23)18-33-15-14-22-16-28-29(39-19-38-28)17-25(22)30(24)33/h8-13,16-18H,4-7,14-15,19H2,1-3H3/q+1. The monoisotopic (exact) mass is 526 g/mol. The van der Waals surface area contributed by atoms with E-state index in [0.717, 1.165) is 66.0 Å². The van der Waals surface area contributed by atoms with Crippen LogP contribution in [0.15, 0.2) is 54.7 Å². The fourth-order valence-corrected chi connectivity index (χ4v) is 5.75. The van der Waals surface area contributed by atoms with Crippen molar-refractivity contribution in [2.45, 2.75) is 39.2 Å². The summed E-state index contributed by atoms with van der Waals surface area (Å²) in [5, 5.41) is 2.20. The number of pyridine rings is 1. The maximum Gasteiger partial charge on any atom is 0.338 e. The molecular formula is C32H32NO6+. The summed E-state index contributed by atoms with van der Waals surface area (Å²) in [7, 11) is 3.36. The van der Waals surface area contributed by atoms with Gasteiger partial charge in [0.1, 0.15) is 0 Å². The predicted octanol–water partition coefficient (Wildman–Crippen LogP) is 5.45. The lowest BCUT2D eigenvalue weighted by Crippen LogP contribution is -2.41. The summed E-state index contributed by atoms with van der Waals surface area (Å²) < 4.78 is 30.3. The summed E-state index contributed by atoms with van der Waals surface area (Å²) in [6.07, 6.45) is 5.81. The van der Waals surface area contributed by atoms with E-state index in [9.17, 15) is 4.79 Å². The number of aromatic nitrogens is 1. The number of carbonyl (C=O) groups excluding carboxylic acids is 1. The van der Waals surface area contributed by atoms with E-state index in [2.05, 4.69) is 29.0 Å². The molecular weight excluding hydrogens is 494 g/mol. The molecule has 0 spiro atoms. The van der Waals surface area contributed by atoms with Gasteiger partial charge >= 0.3 is 5.97 Å². The van der Waals surface area contributed by atoms with Gasteiger partial charge in [0.15, 0.2) is 35.7 Å². The third-order valence-electron chi connectivity index (χ3n) is 7.60. The molecule has 7 heteroatoms. The van der Waals surface area contributed by atoms with Crippen molar-refractivity contribution in [3.05, 3.63) is 77.0 Å². The molecule has 6 rings (SSSR count). The highest BCUT2D eigenvalue weighted by Crippen LogP contribution is 2.43. The van der Waals surface area contributed by atoms with E-state index < -0.39 is 0 Å². The van der Waals surface area contributed by atoms with Crippen molar-refractivity contribution in [1.29, 1.82) is 0 Å². The molecule has 0 bridgehead atoms. The topological polar surface area (TPSA) is 67.1 Å². The second-order valence-electron chi connectivity index (χ2n) is 9.80. The second-order valence-corrected chi connectivity index (χ2v) is 9.80. The van der Waals surface area contributed by atoms with Gasteiger partial charge in [0.2, 0.25) is 12.5 Å². The van der Waals surface area contributed by atoms with Gasteiger partial charge in [-0.25, -0.2) is 4.79 Å². The van der Waals surface area contributed by atoms with Crippen LogP contribution in [0.25, 0.3) is 22.0 Å². The normalized spacial score (nSPS) is 13.1. The lowest BCUT2D eigenvalue weighted by atomic mass is 9.89. The number of hydrogen-bond donors (Lipinski definition) is 0. The third-order valence-corrected chi connectivity index (χ3v) is 7.60. The fourth-order valence-electron chi connectivity index (χ4n) is 5.75. The maximum atomic E-state index is 12.0. The molecule has 3 heterocycles. The van der Waals surface area contributed by atoms with Gasteiger partial charge in [-0.3, -0.25) is 0 Å². The molecule has 200 valence electrons. The quantitative estimate of drug-likeness (QED) is 0.225. The lowest BCUT2D eigenvalue weighted by molar-refractivity contribution is -0.686. The predicted molar refractivity (Wildman–Crippen MR) is 147 cm³/mol. The van der Waals surface area contributed by atoms with Crippen molar-refractivity contribution in [2.24, 2.45) is 0 Å². The number of fused-ring (bicyclic) bond motifs is 5. The van der Waals surface area contributed by atoms with Crippen LogP contribution >= 0.6 is 0 Å². The van der Waals surface area contributed by atoms with Gasteiger partial charge in [0.05, 0.1) is 37.3 Å². The molecule has 2 aliphatic heterocycles. The molecule has 0 aliphatic carbocycles. The van der Waals surface area contributed by atoms with Crippen LogP contribution < -0.4 is 23.5 Å². The molecule has 3 aromatic carbocycles. The van der Waals surface area contributed by atoms with E-state index in [-0.39, 0.29) is 12.8 Å². The number of ether oxygens (including phenoxy) is 5. The van der Waals surface area contributed by atoms with Crippen molar-refractivity contribution in [2.75, 3.05) is 27.6 Å². The number of nitrogens with zero attached hydrogens (tertiary/aromatic N) is 1. The Morgan fingerprint density at radius 1 is 0.949 bits per heavy atom. The van der Waals surface area contributed by atoms with Crippen LogP contribution in [0.3, 0.4) is 0 Å². The molecule has 2 aliphatic rings. The fraction of sp³-hybridized carbons (Fsp3) is 0.312. The van der Waals surface area contributed by atoms with Crippen LogP contribution in [-0.4, -0.2) is 33.6 Å². The van der Waals surface area contributed by atoms with Crippen molar-refractivity contribution >= 4 is 16.7 Å². The zero-order valence-electron chi connectivity index (χ0n) is 22.5. The number of aryl methyl sites for hydroxylation is 4. The molecule has 0 amide bonds. The Bertz CT molecular complexity index is 1560. The molecule has 0 atom stereocenters. The highest BCUT2D eigenvalue weighted by molar-refractivity contribution is 5.95. The van der Waals surface area contributed by atoms with E-state index in [1.54, 1.807) is 14.2 Å². The summed E-state index contributed by atoms with van der Waals surface area (Å²) in [6.45, 7) is 3.31. The average molecular weight is 527 g/mol. The first-order valence-corrected chi connectivity index (χ1v) is 13.4. The van der Waals surface area contributed by atoms with Gasteiger partial charge in [-0.1, -0.05) is 12.1 Å². The Kier molecular flexibility index (Phi) is 6.73. The van der Waals surface area contributed by atoms with Crippen LogP contribution in [0.4, 0.5) is 0 Å². The first-order valence-electron chi connectivity index (χ1n) is 13.4. The van der Waals surface area contributed by atoms with Gasteiger partial charge in [0.25, 0.3) is 0 Å². The molecule has 4 aromatic rings. The number of methoxy groups -OCH3 is 2. The van der Waals surface area contributed by atoms with Gasteiger partial charge in [0, 0.05) is 17.4 Å². The molecule has 0 N–H and O–H groups in total. The first-order chi connectivity index (χ1) is 19.1. The largest absolute Gasteiger partial charge is 0.493 e. The average Bonchev–Trinajstić information content (AvgIpc) is 3.42. The highest BCUT2D eigenvalue weighted by atomic mass is 16.7. The molecule has 0 fully saturated rings. The molecule has 39 heavy (non-hydrogen) atoms. The minimum absolute atomic E-state index is 0.259. The molecule has 1 aromatic heterocycles. The lowest BCUT2D eigenvalue weighted by Gasteiger charge is -2.21. The SMILES string of the molecule is CCOC(=O)c1ccc(CCCc2c3[n+](cc4c(OC)c(OC)ccc24)CCc2cc4c(cc2-3)OCO4)cc1. The Labute approximate surface area is 227 Å². The van der Waals surface area contributed by atoms with E-state index in [4.69, 9.17) is 23.7 Å². The Hall–Kier alpha value is -4.26. The number of rotatable bonds is 8. The molecule has 0 saturated heterocycles. The van der Waals surface area contributed by atoms with Crippen LogP contribution in [0, 0.1) is 0 Å². The summed E-state index contributed by atoms with van der Waals surface area (Å²) in [6, 6.07) is 16.1. The summed E-state index contributed by atoms with van der Waals surface area (Å²) in [5.74, 6) is 2.80. The van der Waals surface area contributed by atoms with Crippen molar-refractivity contribution in [1.82, 2.24) is 0 Å². The Balaban J connectivity index is 1.39. The van der Waals surface area contributed by atoms with Crippen LogP contribution in [0.1, 0.15) is 40.4 Å². The number of carbonyl (C=O) groups is 1. The minimum atomic E-state index is -0.285. The number of esters is 1. The Morgan fingerprint density at radius 2 is 1.74 bits per heavy atom. The van der Waals surface area contributed by atoms with Gasteiger partial charge < -0.3 is 23.7 Å². The molecule has 0 radical (unpaired) electrons. The van der Waals surface area contributed by atoms with Crippen molar-refractivity contribution in [3.8, 4) is 34.3 Å². The van der Waals surface area contributed by atoms with Crippen LogP contribution in [0.2, 0.25) is 0 Å². The number of benzene rings is 3. The summed E-state index contributed by atoms with van der Waals surface area (Å²) >= 11 is 0. The molecule has 0 saturated carbocycles. The summed E-state index contributed by atoms with van der Waals surface area (Å²) in [5.41, 5.74) is 6.72. The van der Waals surface area contributed by atoms with Gasteiger partial charge in [-0.05, 0) is 73.7 Å². The van der Waals surface area contributed by atoms with Gasteiger partial charge in [-0.2, -0.15) is 4.57 Å². The highest BCUT2D eigenvalue weighted by Gasteiger charge is 2.32. The third kappa shape index (κ3) is 4.52. The number of hydrogen-bond acceptors (Lipinski definition) is 6. The zero-order chi connectivity index (χ0) is 26.9. The van der Waals surface area contributed by atoms with E-state index in [1.165, 1.54) is 27.9 Å². The Morgan fingerprint density at radius 3 is 2.49 bits per heavy atom. The smallest absolute Gasteiger partial charge is 0.338 e. The van der Waals surface area contributed by atoms with E-state index in [1.807, 2.05) is 37.3 Å². The molecule has 7 nitrogen and oxygen atoms in total. The second kappa shape index (κ2) is 10.5. The minimum Gasteiger partial charge on any atom is -0.493 e.